The lowest BCUT2D eigenvalue weighted by Crippen LogP contribution is -3.04. The van der Waals surface area contributed by atoms with Crippen molar-refractivity contribution in [1.29, 1.82) is 0 Å². The van der Waals surface area contributed by atoms with Gasteiger partial charge in [-0.25, -0.2) is 0 Å². The SMILES string of the molecule is CC[N+]1=C(C)C(C)(C)c2cc(C)ccc21.CC[NH+]1/C(=C\C=Nc2ccccc2)C(C)(C)c2c1ccc1ccccc21.Cc1ccc(C)cc1.Cc1ccc(C)cc1. The Bertz CT molecular complexity index is 2270. The molecule has 0 saturated heterocycles. The standard InChI is InChI=1S/C24H24N2.C14H20N.2C8H10/c1-4-26-21-15-14-18-10-8-9-13-20(18)23(21)24(2,3)22(26)16-17-25-19-11-6-5-7-12-19;1-6-15-11(3)14(4,5)12-9-10(2)7-8-13(12)15;2*1-7-3-5-8(2)6-4-7/h5-17H,4H2,1-3H3;7-9H,6H2,1-5H3;2*3-6H,1-2H3/q;+1;;/p+1/b22-16-,25-17?;;;. The molecule has 0 amide bonds. The van der Waals surface area contributed by atoms with E-state index in [4.69, 9.17) is 0 Å². The van der Waals surface area contributed by atoms with Crippen LogP contribution in [-0.2, 0) is 10.8 Å². The Morgan fingerprint density at radius 3 is 1.65 bits per heavy atom. The maximum absolute atomic E-state index is 4.61. The highest BCUT2D eigenvalue weighted by Crippen LogP contribution is 2.43. The van der Waals surface area contributed by atoms with E-state index in [2.05, 4.69) is 202 Å². The summed E-state index contributed by atoms with van der Waals surface area (Å²) in [4.78, 5) is 6.05. The first-order valence-corrected chi connectivity index (χ1v) is 20.7. The molecule has 1 N–H and O–H groups in total. The first-order chi connectivity index (χ1) is 27.2. The largest absolute Gasteiger partial charge is 0.273 e. The molecule has 2 aliphatic rings. The van der Waals surface area contributed by atoms with Gasteiger partial charge in [0.05, 0.1) is 23.1 Å². The number of aliphatic imine (C=N–C) groups is 1. The quantitative estimate of drug-likeness (QED) is 0.137. The van der Waals surface area contributed by atoms with Crippen molar-refractivity contribution in [3.05, 3.63) is 184 Å². The summed E-state index contributed by atoms with van der Waals surface area (Å²) in [6.45, 7) is 28.7. The molecule has 0 saturated carbocycles. The van der Waals surface area contributed by atoms with Crippen molar-refractivity contribution in [1.82, 2.24) is 0 Å². The van der Waals surface area contributed by atoms with Gasteiger partial charge >= 0.3 is 0 Å². The third-order valence-corrected chi connectivity index (χ3v) is 11.6. The van der Waals surface area contributed by atoms with Crippen molar-refractivity contribution in [2.75, 3.05) is 13.1 Å². The fourth-order valence-electron chi connectivity index (χ4n) is 8.04. The summed E-state index contributed by atoms with van der Waals surface area (Å²) < 4.78 is 2.43. The van der Waals surface area contributed by atoms with Crippen LogP contribution in [0.1, 0.15) is 87.4 Å². The Balaban J connectivity index is 0.000000167. The maximum atomic E-state index is 4.61. The molecule has 6 aromatic rings. The summed E-state index contributed by atoms with van der Waals surface area (Å²) in [6, 6.07) is 47.1. The summed E-state index contributed by atoms with van der Waals surface area (Å²) >= 11 is 0. The molecule has 3 nitrogen and oxygen atoms in total. The van der Waals surface area contributed by atoms with Gasteiger partial charge in [-0.1, -0.05) is 125 Å². The lowest BCUT2D eigenvalue weighted by atomic mass is 9.81. The Kier molecular flexibility index (Phi) is 14.0. The number of likely N-dealkylation sites (N-methyl/N-ethyl adjacent to an activating group) is 1. The molecule has 0 bridgehead atoms. The Morgan fingerprint density at radius 1 is 0.579 bits per heavy atom. The number of nitrogens with one attached hydrogen (secondary N) is 1. The molecule has 294 valence electrons. The number of benzene rings is 6. The van der Waals surface area contributed by atoms with Crippen molar-refractivity contribution in [2.24, 2.45) is 4.99 Å². The minimum absolute atomic E-state index is 0.0236. The van der Waals surface area contributed by atoms with E-state index in [1.807, 2.05) is 36.5 Å². The van der Waals surface area contributed by atoms with E-state index in [0.717, 1.165) is 18.8 Å². The van der Waals surface area contributed by atoms with E-state index in [-0.39, 0.29) is 10.8 Å². The van der Waals surface area contributed by atoms with E-state index in [0.29, 0.717) is 0 Å². The molecule has 1 atom stereocenters. The first kappa shape index (κ1) is 42.8. The van der Waals surface area contributed by atoms with Crippen LogP contribution in [0.2, 0.25) is 0 Å². The van der Waals surface area contributed by atoms with Gasteiger partial charge < -0.3 is 0 Å². The van der Waals surface area contributed by atoms with Crippen LogP contribution in [0.3, 0.4) is 0 Å². The topological polar surface area (TPSA) is 19.8 Å². The fourth-order valence-corrected chi connectivity index (χ4v) is 8.04. The monoisotopic (exact) mass is 756 g/mol. The zero-order valence-electron chi connectivity index (χ0n) is 36.7. The highest BCUT2D eigenvalue weighted by atomic mass is 15.2. The predicted octanol–water partition coefficient (Wildman–Crippen LogP) is 13.0. The second-order valence-corrected chi connectivity index (χ2v) is 16.6. The van der Waals surface area contributed by atoms with Crippen LogP contribution in [0.25, 0.3) is 10.8 Å². The molecule has 0 aliphatic carbocycles. The lowest BCUT2D eigenvalue weighted by molar-refractivity contribution is -0.786. The van der Waals surface area contributed by atoms with Crippen molar-refractivity contribution in [2.45, 2.75) is 93.9 Å². The summed E-state index contributed by atoms with van der Waals surface area (Å²) in [6.07, 6.45) is 4.16. The fraction of sp³-hybridized carbons (Fsp3) is 0.296. The first-order valence-electron chi connectivity index (χ1n) is 20.7. The van der Waals surface area contributed by atoms with Gasteiger partial charge in [-0.3, -0.25) is 9.89 Å². The Morgan fingerprint density at radius 2 is 1.11 bits per heavy atom. The number of aryl methyl sites for hydroxylation is 5. The van der Waals surface area contributed by atoms with Crippen LogP contribution in [-0.4, -0.2) is 29.6 Å². The van der Waals surface area contributed by atoms with Crippen molar-refractivity contribution in [3.63, 3.8) is 0 Å². The highest BCUT2D eigenvalue weighted by molar-refractivity contribution is 5.93. The van der Waals surface area contributed by atoms with Gasteiger partial charge in [0, 0.05) is 42.5 Å². The molecule has 0 spiro atoms. The number of para-hydroxylation sites is 1. The third kappa shape index (κ3) is 9.96. The number of rotatable bonds is 4. The van der Waals surface area contributed by atoms with Crippen molar-refractivity contribution >= 4 is 39.8 Å². The number of allylic oxidation sites excluding steroid dienone is 2. The van der Waals surface area contributed by atoms with Gasteiger partial charge in [0.2, 0.25) is 5.69 Å². The van der Waals surface area contributed by atoms with Gasteiger partial charge in [-0.05, 0) is 111 Å². The number of quaternary nitrogens is 1. The smallest absolute Gasteiger partial charge is 0.209 e. The molecule has 0 fully saturated rings. The minimum Gasteiger partial charge on any atom is -0.273 e. The number of nitrogens with zero attached hydrogens (tertiary/aromatic N) is 2. The van der Waals surface area contributed by atoms with Crippen LogP contribution < -0.4 is 4.90 Å². The number of hydrogen-bond donors (Lipinski definition) is 1. The number of hydrogen-bond acceptors (Lipinski definition) is 1. The Hall–Kier alpha value is -5.38. The van der Waals surface area contributed by atoms with E-state index >= 15 is 0 Å². The lowest BCUT2D eigenvalue weighted by Gasteiger charge is -2.20. The van der Waals surface area contributed by atoms with E-state index in [1.165, 1.54) is 77.4 Å². The molecule has 3 heteroatoms. The molecule has 2 heterocycles. The zero-order chi connectivity index (χ0) is 41.3. The van der Waals surface area contributed by atoms with Gasteiger partial charge in [-0.2, -0.15) is 4.58 Å². The molecular weight excluding hydrogens is 691 g/mol. The molecule has 57 heavy (non-hydrogen) atoms. The highest BCUT2D eigenvalue weighted by Gasteiger charge is 2.46. The maximum Gasteiger partial charge on any atom is 0.209 e. The van der Waals surface area contributed by atoms with Crippen LogP contribution in [0.4, 0.5) is 17.1 Å². The molecule has 0 aromatic heterocycles. The minimum atomic E-state index is -0.0236. The Labute approximate surface area is 344 Å². The predicted molar refractivity (Wildman–Crippen MR) is 248 cm³/mol. The molecule has 1 unspecified atom stereocenters. The summed E-state index contributed by atoms with van der Waals surface area (Å²) in [5, 5.41) is 2.68. The van der Waals surface area contributed by atoms with Crippen LogP contribution >= 0.6 is 0 Å². The van der Waals surface area contributed by atoms with Crippen LogP contribution in [0, 0.1) is 34.6 Å². The normalized spacial score (nSPS) is 16.6. The second-order valence-electron chi connectivity index (χ2n) is 16.6. The summed E-state index contributed by atoms with van der Waals surface area (Å²) in [5.41, 5.74) is 16.4. The zero-order valence-corrected chi connectivity index (χ0v) is 36.7. The van der Waals surface area contributed by atoms with E-state index < -0.39 is 0 Å². The van der Waals surface area contributed by atoms with Gasteiger partial charge in [0.15, 0.2) is 5.71 Å². The molecule has 0 radical (unpaired) electrons. The van der Waals surface area contributed by atoms with Gasteiger partial charge in [-0.15, -0.1) is 0 Å². The summed E-state index contributed by atoms with van der Waals surface area (Å²) in [5.74, 6) is 0. The molecular formula is C54H65N3+2. The summed E-state index contributed by atoms with van der Waals surface area (Å²) in [7, 11) is 0. The molecule has 8 rings (SSSR count). The average molecular weight is 756 g/mol. The van der Waals surface area contributed by atoms with Crippen molar-refractivity contribution < 1.29 is 9.48 Å². The van der Waals surface area contributed by atoms with Crippen LogP contribution in [0.5, 0.6) is 0 Å². The second kappa shape index (κ2) is 18.7. The van der Waals surface area contributed by atoms with E-state index in [9.17, 15) is 0 Å². The third-order valence-electron chi connectivity index (χ3n) is 11.6. The van der Waals surface area contributed by atoms with Crippen LogP contribution in [0.15, 0.2) is 150 Å². The van der Waals surface area contributed by atoms with E-state index in [1.54, 1.807) is 0 Å². The van der Waals surface area contributed by atoms with Gasteiger partial charge in [0.25, 0.3) is 0 Å². The average Bonchev–Trinajstić information content (AvgIpc) is 3.55. The van der Waals surface area contributed by atoms with Gasteiger partial charge in [0.1, 0.15) is 17.9 Å². The molecule has 6 aromatic carbocycles. The van der Waals surface area contributed by atoms with Crippen molar-refractivity contribution in [3.8, 4) is 0 Å². The molecule has 2 aliphatic heterocycles. The number of fused-ring (bicyclic) bond motifs is 4.